The lowest BCUT2D eigenvalue weighted by Crippen LogP contribution is -2.33. The van der Waals surface area contributed by atoms with Gasteiger partial charge in [-0.2, -0.15) is 15.4 Å². The van der Waals surface area contributed by atoms with Crippen molar-refractivity contribution in [2.45, 2.75) is 32.3 Å². The molecule has 2 heterocycles. The van der Waals surface area contributed by atoms with Crippen LogP contribution in [0.25, 0.3) is 11.1 Å². The molecule has 2 aromatic carbocycles. The number of hydrogen-bond donors (Lipinski definition) is 2. The highest BCUT2D eigenvalue weighted by atomic mass is 19.1. The van der Waals surface area contributed by atoms with Gasteiger partial charge in [0.25, 0.3) is 0 Å². The number of nitrogens with zero attached hydrogens (tertiary/aromatic N) is 3. The summed E-state index contributed by atoms with van der Waals surface area (Å²) in [5.41, 5.74) is 3.75. The Balaban J connectivity index is 1.38. The summed E-state index contributed by atoms with van der Waals surface area (Å²) >= 11 is 0. The Labute approximate surface area is 184 Å². The Morgan fingerprint density at radius 2 is 2.06 bits per heavy atom. The fourth-order valence-electron chi connectivity index (χ4n) is 3.67. The molecule has 1 aliphatic rings. The van der Waals surface area contributed by atoms with Crippen LogP contribution in [-0.2, 0) is 22.4 Å². The van der Waals surface area contributed by atoms with E-state index in [1.165, 1.54) is 23.5 Å². The van der Waals surface area contributed by atoms with Gasteiger partial charge in [-0.05, 0) is 48.6 Å². The van der Waals surface area contributed by atoms with Gasteiger partial charge in [-0.1, -0.05) is 24.3 Å². The third kappa shape index (κ3) is 5.11. The molecule has 8 nitrogen and oxygen atoms in total. The minimum atomic E-state index is -0.553. The molecule has 0 unspecified atom stereocenters. The molecule has 0 aliphatic carbocycles. The zero-order valence-corrected chi connectivity index (χ0v) is 17.7. The molecule has 0 radical (unpaired) electrons. The van der Waals surface area contributed by atoms with Gasteiger partial charge in [0.15, 0.2) is 0 Å². The average Bonchev–Trinajstić information content (AvgIpc) is 3.42. The Bertz CT molecular complexity index is 1090. The predicted molar refractivity (Wildman–Crippen MR) is 117 cm³/mol. The second-order valence-corrected chi connectivity index (χ2v) is 7.73. The van der Waals surface area contributed by atoms with Gasteiger partial charge >= 0.3 is 6.09 Å². The van der Waals surface area contributed by atoms with Crippen molar-refractivity contribution in [1.82, 2.24) is 20.7 Å². The average molecular weight is 437 g/mol. The van der Waals surface area contributed by atoms with Gasteiger partial charge in [0.05, 0.1) is 30.7 Å². The van der Waals surface area contributed by atoms with Crippen LogP contribution < -0.4 is 10.2 Å². The van der Waals surface area contributed by atoms with Crippen LogP contribution in [0.5, 0.6) is 0 Å². The topological polar surface area (TPSA) is 100 Å². The van der Waals surface area contributed by atoms with E-state index in [0.717, 1.165) is 30.5 Å². The monoisotopic (exact) mass is 437 g/mol. The second-order valence-electron chi connectivity index (χ2n) is 7.73. The Hall–Kier alpha value is -3.75. The SMILES string of the molecule is CC(=O)NC[C@H]1CN(c2ccc(-c3ccc(CCCc4cn[nH]n4)cc3)c(F)c2)C(=O)O1. The van der Waals surface area contributed by atoms with Crippen LogP contribution in [0.15, 0.2) is 48.7 Å². The minimum Gasteiger partial charge on any atom is -0.442 e. The fraction of sp³-hybridized carbons (Fsp3) is 0.304. The van der Waals surface area contributed by atoms with Gasteiger partial charge in [-0.3, -0.25) is 9.69 Å². The molecule has 2 N–H and O–H groups in total. The first-order valence-electron chi connectivity index (χ1n) is 10.5. The Morgan fingerprint density at radius 3 is 2.75 bits per heavy atom. The zero-order chi connectivity index (χ0) is 22.5. The van der Waals surface area contributed by atoms with E-state index < -0.39 is 18.0 Å². The van der Waals surface area contributed by atoms with Gasteiger partial charge in [0.1, 0.15) is 11.9 Å². The summed E-state index contributed by atoms with van der Waals surface area (Å²) in [6.07, 6.45) is 3.39. The maximum Gasteiger partial charge on any atom is 0.414 e. The number of nitrogens with one attached hydrogen (secondary N) is 2. The summed E-state index contributed by atoms with van der Waals surface area (Å²) in [4.78, 5) is 24.6. The number of cyclic esters (lactones) is 1. The van der Waals surface area contributed by atoms with Crippen LogP contribution in [-0.4, -0.2) is 46.6 Å². The fourth-order valence-corrected chi connectivity index (χ4v) is 3.67. The second kappa shape index (κ2) is 9.59. The van der Waals surface area contributed by atoms with E-state index in [0.29, 0.717) is 11.3 Å². The molecular formula is C23H24FN5O3. The lowest BCUT2D eigenvalue weighted by molar-refractivity contribution is -0.119. The number of H-pyrrole nitrogens is 1. The number of hydrogen-bond acceptors (Lipinski definition) is 5. The standard InChI is InChI=1S/C23H24FN5O3/c1-15(30)25-13-20-14-29(23(31)32-20)19-9-10-21(22(24)11-19)17-7-5-16(6-8-17)3-2-4-18-12-26-28-27-18/h5-12,20H,2-4,13-14H2,1H3,(H,25,30)(H,26,27,28)/t20-/m0/s1. The molecule has 1 fully saturated rings. The maximum atomic E-state index is 14.9. The van der Waals surface area contributed by atoms with E-state index in [-0.39, 0.29) is 19.0 Å². The first-order chi connectivity index (χ1) is 15.5. The first kappa shape index (κ1) is 21.5. The summed E-state index contributed by atoms with van der Waals surface area (Å²) in [5.74, 6) is -0.615. The van der Waals surface area contributed by atoms with E-state index in [2.05, 4.69) is 20.7 Å². The highest BCUT2D eigenvalue weighted by Crippen LogP contribution is 2.29. The van der Waals surface area contributed by atoms with Crippen LogP contribution in [0, 0.1) is 5.82 Å². The van der Waals surface area contributed by atoms with Crippen molar-refractivity contribution >= 4 is 17.7 Å². The van der Waals surface area contributed by atoms with Gasteiger partial charge < -0.3 is 10.1 Å². The molecular weight excluding hydrogens is 413 g/mol. The van der Waals surface area contributed by atoms with Crippen molar-refractivity contribution in [3.05, 3.63) is 65.7 Å². The summed E-state index contributed by atoms with van der Waals surface area (Å²) in [5, 5.41) is 13.1. The largest absolute Gasteiger partial charge is 0.442 e. The number of amides is 2. The smallest absolute Gasteiger partial charge is 0.414 e. The van der Waals surface area contributed by atoms with Crippen molar-refractivity contribution in [3.63, 3.8) is 0 Å². The van der Waals surface area contributed by atoms with Gasteiger partial charge in [0.2, 0.25) is 5.91 Å². The molecule has 4 rings (SSSR count). The number of aryl methyl sites for hydroxylation is 2. The molecule has 0 spiro atoms. The van der Waals surface area contributed by atoms with E-state index in [4.69, 9.17) is 4.74 Å². The van der Waals surface area contributed by atoms with Crippen molar-refractivity contribution < 1.29 is 18.7 Å². The van der Waals surface area contributed by atoms with Gasteiger partial charge in [0, 0.05) is 12.5 Å². The summed E-state index contributed by atoms with van der Waals surface area (Å²) in [6.45, 7) is 1.87. The molecule has 0 bridgehead atoms. The van der Waals surface area contributed by atoms with Gasteiger partial charge in [-0.15, -0.1) is 0 Å². The molecule has 2 amide bonds. The van der Waals surface area contributed by atoms with E-state index in [9.17, 15) is 14.0 Å². The minimum absolute atomic E-state index is 0.198. The van der Waals surface area contributed by atoms with Crippen molar-refractivity contribution in [2.75, 3.05) is 18.0 Å². The van der Waals surface area contributed by atoms with Crippen LogP contribution in [0.3, 0.4) is 0 Å². The van der Waals surface area contributed by atoms with E-state index >= 15 is 0 Å². The summed E-state index contributed by atoms with van der Waals surface area (Å²) in [7, 11) is 0. The molecule has 1 saturated heterocycles. The van der Waals surface area contributed by atoms with E-state index in [1.807, 2.05) is 24.3 Å². The highest BCUT2D eigenvalue weighted by molar-refractivity contribution is 5.90. The number of rotatable bonds is 8. The molecule has 3 aromatic rings. The van der Waals surface area contributed by atoms with Gasteiger partial charge in [-0.25, -0.2) is 9.18 Å². The Morgan fingerprint density at radius 1 is 1.25 bits per heavy atom. The number of carbonyl (C=O) groups excluding carboxylic acids is 2. The number of halogens is 1. The van der Waals surface area contributed by atoms with Crippen LogP contribution in [0.1, 0.15) is 24.6 Å². The number of carbonyl (C=O) groups is 2. The van der Waals surface area contributed by atoms with Crippen molar-refractivity contribution in [1.29, 1.82) is 0 Å². The van der Waals surface area contributed by atoms with E-state index in [1.54, 1.807) is 18.3 Å². The van der Waals surface area contributed by atoms with Crippen LogP contribution in [0.2, 0.25) is 0 Å². The number of aromatic amines is 1. The molecule has 1 atom stereocenters. The Kier molecular flexibility index (Phi) is 6.44. The quantitative estimate of drug-likeness (QED) is 0.564. The number of aromatic nitrogens is 3. The summed E-state index contributed by atoms with van der Waals surface area (Å²) < 4.78 is 20.1. The third-order valence-electron chi connectivity index (χ3n) is 5.35. The number of ether oxygens (including phenoxy) is 1. The zero-order valence-electron chi connectivity index (χ0n) is 17.7. The predicted octanol–water partition coefficient (Wildman–Crippen LogP) is 3.25. The number of benzene rings is 2. The molecule has 0 saturated carbocycles. The third-order valence-corrected chi connectivity index (χ3v) is 5.35. The highest BCUT2D eigenvalue weighted by Gasteiger charge is 2.32. The number of anilines is 1. The molecule has 1 aromatic heterocycles. The normalized spacial score (nSPS) is 15.6. The first-order valence-corrected chi connectivity index (χ1v) is 10.5. The lowest BCUT2D eigenvalue weighted by atomic mass is 10.0. The van der Waals surface area contributed by atoms with Crippen molar-refractivity contribution in [2.24, 2.45) is 0 Å². The molecule has 9 heteroatoms. The molecule has 32 heavy (non-hydrogen) atoms. The lowest BCUT2D eigenvalue weighted by Gasteiger charge is -2.14. The summed E-state index contributed by atoms with van der Waals surface area (Å²) in [6, 6.07) is 12.5. The molecule has 1 aliphatic heterocycles. The van der Waals surface area contributed by atoms with Crippen LogP contribution >= 0.6 is 0 Å². The van der Waals surface area contributed by atoms with Crippen LogP contribution in [0.4, 0.5) is 14.9 Å². The molecule has 166 valence electrons. The van der Waals surface area contributed by atoms with Crippen molar-refractivity contribution in [3.8, 4) is 11.1 Å². The maximum absolute atomic E-state index is 14.9.